The van der Waals surface area contributed by atoms with Gasteiger partial charge in [-0.1, -0.05) is 46.8 Å². The summed E-state index contributed by atoms with van der Waals surface area (Å²) in [5.41, 5.74) is 6.56. The zero-order valence-corrected chi connectivity index (χ0v) is 21.4. The molecule has 7 nitrogen and oxygen atoms in total. The highest BCUT2D eigenvalue weighted by molar-refractivity contribution is 6.28. The number of amides is 2. The van der Waals surface area contributed by atoms with Crippen LogP contribution in [0.1, 0.15) is 95.1 Å². The van der Waals surface area contributed by atoms with Gasteiger partial charge in [-0.15, -0.1) is 0 Å². The van der Waals surface area contributed by atoms with Gasteiger partial charge in [0, 0.05) is 5.56 Å². The van der Waals surface area contributed by atoms with E-state index >= 15 is 0 Å². The molecule has 1 fully saturated rings. The van der Waals surface area contributed by atoms with E-state index in [1.807, 2.05) is 17.0 Å². The molecule has 186 valence electrons. The monoisotopic (exact) mass is 467 g/mol. The van der Waals surface area contributed by atoms with Crippen LogP contribution in [-0.2, 0) is 4.79 Å². The Hall–Kier alpha value is -2.70. The van der Waals surface area contributed by atoms with Crippen molar-refractivity contribution in [1.29, 1.82) is 5.41 Å². The van der Waals surface area contributed by atoms with Crippen molar-refractivity contribution in [2.45, 2.75) is 84.8 Å². The predicted molar refractivity (Wildman–Crippen MR) is 137 cm³/mol. The molecular formula is C27H41N5O2. The molecule has 1 heterocycles. The summed E-state index contributed by atoms with van der Waals surface area (Å²) in [5, 5.41) is 9.94. The Bertz CT molecular complexity index is 921. The van der Waals surface area contributed by atoms with E-state index in [1.54, 1.807) is 12.1 Å². The third-order valence-electron chi connectivity index (χ3n) is 7.35. The van der Waals surface area contributed by atoms with E-state index in [0.717, 1.165) is 44.1 Å². The Balaban J connectivity index is 1.87. The van der Waals surface area contributed by atoms with Crippen molar-refractivity contribution >= 4 is 23.9 Å². The molecule has 1 aliphatic carbocycles. The molecule has 7 heteroatoms. The lowest BCUT2D eigenvalue weighted by Gasteiger charge is -2.46. The van der Waals surface area contributed by atoms with Crippen LogP contribution in [-0.4, -0.2) is 41.0 Å². The number of amidine groups is 1. The standard InChI is InChI=1S/C27H41N5O2/c1-18(2)19-10-14-27(15-11-19)31-17-24(33)32(27)22(12-13-26(3,4)5)20-6-8-21(9-7-20)25(34)30-16-23(28)29/h6-9,17-19,22H,10-16H2,1-5H3,(H3,28,29)(H,30,34). The highest BCUT2D eigenvalue weighted by Gasteiger charge is 2.48. The first kappa shape index (κ1) is 25.9. The number of aliphatic imine (C=N–C) groups is 1. The van der Waals surface area contributed by atoms with Gasteiger partial charge >= 0.3 is 0 Å². The van der Waals surface area contributed by atoms with Gasteiger partial charge in [0.15, 0.2) is 0 Å². The zero-order valence-electron chi connectivity index (χ0n) is 21.4. The first-order chi connectivity index (χ1) is 15.9. The predicted octanol–water partition coefficient (Wildman–Crippen LogP) is 4.68. The average Bonchev–Trinajstić information content (AvgIpc) is 3.08. The molecule has 1 aliphatic heterocycles. The summed E-state index contributed by atoms with van der Waals surface area (Å²) in [6.45, 7) is 11.2. The molecule has 2 amide bonds. The van der Waals surface area contributed by atoms with Gasteiger partial charge in [-0.3, -0.25) is 20.0 Å². The number of nitrogens with two attached hydrogens (primary N) is 1. The van der Waals surface area contributed by atoms with Crippen LogP contribution >= 0.6 is 0 Å². The molecule has 0 radical (unpaired) electrons. The Morgan fingerprint density at radius 1 is 1.24 bits per heavy atom. The molecule has 0 saturated heterocycles. The minimum Gasteiger partial charge on any atom is -0.386 e. The highest BCUT2D eigenvalue weighted by atomic mass is 16.2. The second-order valence-electron chi connectivity index (χ2n) is 11.5. The molecule has 4 N–H and O–H groups in total. The van der Waals surface area contributed by atoms with E-state index < -0.39 is 5.66 Å². The van der Waals surface area contributed by atoms with E-state index in [1.165, 1.54) is 6.21 Å². The fourth-order valence-corrected chi connectivity index (χ4v) is 5.24. The van der Waals surface area contributed by atoms with Crippen LogP contribution in [0, 0.1) is 22.7 Å². The number of hydrogen-bond acceptors (Lipinski definition) is 4. The summed E-state index contributed by atoms with van der Waals surface area (Å²) in [7, 11) is 0. The van der Waals surface area contributed by atoms with Gasteiger partial charge in [0.05, 0.1) is 18.8 Å². The Morgan fingerprint density at radius 3 is 2.38 bits per heavy atom. The van der Waals surface area contributed by atoms with Crippen molar-refractivity contribution in [2.75, 3.05) is 6.54 Å². The maximum absolute atomic E-state index is 13.2. The molecule has 3 rings (SSSR count). The van der Waals surface area contributed by atoms with Crippen molar-refractivity contribution in [2.24, 2.45) is 28.0 Å². The van der Waals surface area contributed by atoms with Crippen molar-refractivity contribution in [3.8, 4) is 0 Å². The number of rotatable bonds is 8. The SMILES string of the molecule is CC(C)C1CCC2(CC1)N=CC(=O)N2C(CCC(C)(C)C)c1ccc(C(=O)NCC(=N)N)cc1. The Labute approximate surface area is 204 Å². The lowest BCUT2D eigenvalue weighted by molar-refractivity contribution is -0.133. The topological polar surface area (TPSA) is 112 Å². The van der Waals surface area contributed by atoms with Gasteiger partial charge in [0.1, 0.15) is 11.5 Å². The Morgan fingerprint density at radius 2 is 1.85 bits per heavy atom. The number of carbonyl (C=O) groups excluding carboxylic acids is 2. The number of benzene rings is 1. The van der Waals surface area contributed by atoms with E-state index in [2.05, 4.69) is 39.9 Å². The lowest BCUT2D eigenvalue weighted by Crippen LogP contribution is -2.50. The molecule has 1 aromatic rings. The van der Waals surface area contributed by atoms with Gasteiger partial charge in [-0.2, -0.15) is 0 Å². The van der Waals surface area contributed by atoms with Gasteiger partial charge in [0.25, 0.3) is 11.8 Å². The first-order valence-electron chi connectivity index (χ1n) is 12.5. The first-order valence-corrected chi connectivity index (χ1v) is 12.5. The quantitative estimate of drug-likeness (QED) is 0.381. The zero-order chi connectivity index (χ0) is 25.1. The van der Waals surface area contributed by atoms with E-state index in [9.17, 15) is 9.59 Å². The summed E-state index contributed by atoms with van der Waals surface area (Å²) in [6, 6.07) is 7.39. The molecule has 1 aromatic carbocycles. The minimum atomic E-state index is -0.456. The van der Waals surface area contributed by atoms with Crippen LogP contribution in [0.2, 0.25) is 0 Å². The second-order valence-corrected chi connectivity index (χ2v) is 11.5. The molecule has 0 aromatic heterocycles. The van der Waals surface area contributed by atoms with E-state index in [-0.39, 0.29) is 35.7 Å². The molecule has 0 bridgehead atoms. The van der Waals surface area contributed by atoms with Crippen molar-refractivity contribution in [3.05, 3.63) is 35.4 Å². The van der Waals surface area contributed by atoms with Gasteiger partial charge < -0.3 is 16.0 Å². The smallest absolute Gasteiger partial charge is 0.267 e. The summed E-state index contributed by atoms with van der Waals surface area (Å²) < 4.78 is 0. The van der Waals surface area contributed by atoms with Crippen LogP contribution in [0.15, 0.2) is 29.3 Å². The average molecular weight is 468 g/mol. The number of carbonyl (C=O) groups is 2. The fraction of sp³-hybridized carbons (Fsp3) is 0.630. The second kappa shape index (κ2) is 10.3. The highest BCUT2D eigenvalue weighted by Crippen LogP contribution is 2.47. The van der Waals surface area contributed by atoms with Crippen molar-refractivity contribution < 1.29 is 9.59 Å². The van der Waals surface area contributed by atoms with Crippen LogP contribution in [0.4, 0.5) is 0 Å². The van der Waals surface area contributed by atoms with Gasteiger partial charge in [0.2, 0.25) is 0 Å². The third kappa shape index (κ3) is 6.05. The van der Waals surface area contributed by atoms with Crippen LogP contribution in [0.5, 0.6) is 0 Å². The minimum absolute atomic E-state index is 0.00909. The normalized spacial score (nSPS) is 23.5. The molecule has 2 aliphatic rings. The lowest BCUT2D eigenvalue weighted by atomic mass is 9.75. The molecule has 1 spiro atoms. The fourth-order valence-electron chi connectivity index (χ4n) is 5.24. The Kier molecular flexibility index (Phi) is 7.84. The molecular weight excluding hydrogens is 426 g/mol. The molecule has 1 saturated carbocycles. The summed E-state index contributed by atoms with van der Waals surface area (Å²) >= 11 is 0. The number of nitrogens with zero attached hydrogens (tertiary/aromatic N) is 2. The van der Waals surface area contributed by atoms with Gasteiger partial charge in [-0.05, 0) is 73.5 Å². The van der Waals surface area contributed by atoms with Crippen LogP contribution in [0.3, 0.4) is 0 Å². The maximum atomic E-state index is 13.2. The van der Waals surface area contributed by atoms with E-state index in [0.29, 0.717) is 17.4 Å². The molecule has 34 heavy (non-hydrogen) atoms. The number of nitrogens with one attached hydrogen (secondary N) is 2. The third-order valence-corrected chi connectivity index (χ3v) is 7.35. The molecule has 1 atom stereocenters. The van der Waals surface area contributed by atoms with E-state index in [4.69, 9.17) is 16.1 Å². The van der Waals surface area contributed by atoms with Crippen LogP contribution < -0.4 is 11.1 Å². The number of hydrogen-bond donors (Lipinski definition) is 3. The van der Waals surface area contributed by atoms with Gasteiger partial charge in [-0.25, -0.2) is 0 Å². The maximum Gasteiger partial charge on any atom is 0.267 e. The van der Waals surface area contributed by atoms with Crippen molar-refractivity contribution in [1.82, 2.24) is 10.2 Å². The van der Waals surface area contributed by atoms with Crippen LogP contribution in [0.25, 0.3) is 0 Å². The largest absolute Gasteiger partial charge is 0.386 e. The summed E-state index contributed by atoms with van der Waals surface area (Å²) in [5.74, 6) is 0.962. The summed E-state index contributed by atoms with van der Waals surface area (Å²) in [6.07, 6.45) is 7.30. The molecule has 1 unspecified atom stereocenters. The van der Waals surface area contributed by atoms with Crippen molar-refractivity contribution in [3.63, 3.8) is 0 Å². The summed E-state index contributed by atoms with van der Waals surface area (Å²) in [4.78, 5) is 32.4.